The number of aliphatic carboxylic acids is 1. The van der Waals surface area contributed by atoms with Crippen LogP contribution in [0.5, 0.6) is 5.75 Å². The summed E-state index contributed by atoms with van der Waals surface area (Å²) < 4.78 is 12.8. The second kappa shape index (κ2) is 11.5. The van der Waals surface area contributed by atoms with Crippen LogP contribution in [0.3, 0.4) is 0 Å². The molecule has 0 unspecified atom stereocenters. The van der Waals surface area contributed by atoms with E-state index in [1.54, 1.807) is 22.8 Å². The van der Waals surface area contributed by atoms with Gasteiger partial charge >= 0.3 is 11.9 Å². The number of amides is 1. The molecule has 12 heteroatoms. The van der Waals surface area contributed by atoms with Gasteiger partial charge in [0.2, 0.25) is 5.91 Å². The summed E-state index contributed by atoms with van der Waals surface area (Å²) >= 11 is 0. The highest BCUT2D eigenvalue weighted by atomic mass is 16.6. The average Bonchev–Trinajstić information content (AvgIpc) is 3.39. The van der Waals surface area contributed by atoms with Crippen LogP contribution in [-0.2, 0) is 50.9 Å². The molecule has 45 heavy (non-hydrogen) atoms. The number of nitrogens with two attached hydrogens (primary N) is 1. The van der Waals surface area contributed by atoms with E-state index in [9.17, 15) is 24.3 Å². The van der Waals surface area contributed by atoms with Crippen molar-refractivity contribution in [2.24, 2.45) is 5.73 Å². The first-order valence-electron chi connectivity index (χ1n) is 14.6. The molecule has 1 amide bonds. The first-order chi connectivity index (χ1) is 21.5. The molecule has 12 nitrogen and oxygen atoms in total. The van der Waals surface area contributed by atoms with Crippen molar-refractivity contribution in [2.75, 3.05) is 5.32 Å². The molecular weight excluding hydrogens is 580 g/mol. The van der Waals surface area contributed by atoms with Gasteiger partial charge < -0.3 is 35.3 Å². The number of esters is 1. The molecule has 4 aromatic rings. The van der Waals surface area contributed by atoms with Gasteiger partial charge in [-0.3, -0.25) is 14.4 Å². The average molecular weight is 613 g/mol. The summed E-state index contributed by atoms with van der Waals surface area (Å²) in [5.41, 5.74) is 9.09. The number of carbonyl (C=O) groups excluding carboxylic acids is 2. The number of hydrogen-bond donors (Lipinski definition) is 4. The normalized spacial score (nSPS) is 17.2. The van der Waals surface area contributed by atoms with Crippen molar-refractivity contribution >= 4 is 34.4 Å². The van der Waals surface area contributed by atoms with E-state index in [2.05, 4.69) is 5.32 Å². The summed E-state index contributed by atoms with van der Waals surface area (Å²) in [6.45, 7) is 3.79. The predicted molar refractivity (Wildman–Crippen MR) is 164 cm³/mol. The monoisotopic (exact) mass is 612 g/mol. The lowest BCUT2D eigenvalue weighted by Gasteiger charge is -2.29. The molecule has 0 bridgehead atoms. The number of nitrogens with zero attached hydrogens (tertiary/aromatic N) is 2. The predicted octanol–water partition coefficient (Wildman–Crippen LogP) is 2.96. The van der Waals surface area contributed by atoms with E-state index in [4.69, 9.17) is 25.3 Å². The summed E-state index contributed by atoms with van der Waals surface area (Å²) in [6.07, 6.45) is 0.730. The summed E-state index contributed by atoms with van der Waals surface area (Å²) in [7, 11) is 0. The lowest BCUT2D eigenvalue weighted by molar-refractivity contribution is -0.169. The minimum atomic E-state index is -1.92. The fourth-order valence-corrected chi connectivity index (χ4v) is 5.87. The number of aryl methyl sites for hydroxylation is 1. The highest BCUT2D eigenvalue weighted by Crippen LogP contribution is 2.40. The molecule has 0 spiro atoms. The van der Waals surface area contributed by atoms with Gasteiger partial charge in [-0.05, 0) is 67.3 Å². The number of pyridine rings is 2. The summed E-state index contributed by atoms with van der Waals surface area (Å²) in [5.74, 6) is -1.61. The number of carboxylic acids is 1. The minimum absolute atomic E-state index is 0.00107. The van der Waals surface area contributed by atoms with Crippen LogP contribution in [-0.4, -0.2) is 43.7 Å². The maximum atomic E-state index is 13.5. The molecule has 6 rings (SSSR count). The first kappa shape index (κ1) is 30.0. The lowest BCUT2D eigenvalue weighted by atomic mass is 9.89. The van der Waals surface area contributed by atoms with Crippen LogP contribution >= 0.6 is 0 Å². The third-order valence-electron chi connectivity index (χ3n) is 8.40. The van der Waals surface area contributed by atoms with Crippen molar-refractivity contribution in [3.05, 3.63) is 86.7 Å². The van der Waals surface area contributed by atoms with Crippen molar-refractivity contribution in [1.82, 2.24) is 9.55 Å². The zero-order chi connectivity index (χ0) is 32.0. The highest BCUT2D eigenvalue weighted by molar-refractivity contribution is 5.91. The Morgan fingerprint density at radius 3 is 2.62 bits per heavy atom. The fraction of sp³-hybridized carbons (Fsp3) is 0.303. The number of aliphatic hydroxyl groups is 1. The van der Waals surface area contributed by atoms with Gasteiger partial charge in [0.05, 0.1) is 29.0 Å². The van der Waals surface area contributed by atoms with Crippen molar-refractivity contribution in [3.63, 3.8) is 0 Å². The summed E-state index contributed by atoms with van der Waals surface area (Å²) in [6, 6.07) is 13.4. The number of benzene rings is 2. The van der Waals surface area contributed by atoms with Crippen LogP contribution in [0.25, 0.3) is 22.3 Å². The van der Waals surface area contributed by atoms with Crippen molar-refractivity contribution in [2.45, 2.75) is 64.5 Å². The van der Waals surface area contributed by atoms with E-state index >= 15 is 0 Å². The lowest BCUT2D eigenvalue weighted by Crippen LogP contribution is -2.42. The van der Waals surface area contributed by atoms with Crippen LogP contribution < -0.4 is 21.3 Å². The standard InChI is InChI=1S/C33H32N4O8/c1-3-20-21-12-19(44-15-17-4-6-18(7-5-17)35-28(38)11-9-25(34)31(40)41)8-10-26(21)36-29-22(20)14-37-27(29)13-24-23(30(37)39)16-45-32(42)33(24,2)43/h4-8,10,12-13,25,43H,3,9,11,14-16,34H2,1-2H3,(H,35,38)(H,40,41)/t25-,33-/m0/s1. The molecule has 0 radical (unpaired) electrons. The van der Waals surface area contributed by atoms with E-state index in [1.807, 2.05) is 37.3 Å². The number of carbonyl (C=O) groups is 3. The van der Waals surface area contributed by atoms with E-state index in [0.717, 1.165) is 27.6 Å². The molecule has 0 saturated carbocycles. The topological polar surface area (TPSA) is 183 Å². The summed E-state index contributed by atoms with van der Waals surface area (Å²) in [5, 5.41) is 23.3. The Morgan fingerprint density at radius 2 is 1.91 bits per heavy atom. The third-order valence-corrected chi connectivity index (χ3v) is 8.40. The molecule has 4 heterocycles. The van der Waals surface area contributed by atoms with Crippen LogP contribution in [0.1, 0.15) is 54.5 Å². The van der Waals surface area contributed by atoms with Crippen LogP contribution in [0, 0.1) is 0 Å². The molecular formula is C33H32N4O8. The van der Waals surface area contributed by atoms with Gasteiger partial charge in [-0.1, -0.05) is 19.1 Å². The number of cyclic esters (lactones) is 1. The second-order valence-corrected chi connectivity index (χ2v) is 11.4. The number of fused-ring (bicyclic) bond motifs is 5. The molecule has 2 aromatic carbocycles. The zero-order valence-electron chi connectivity index (χ0n) is 24.8. The third kappa shape index (κ3) is 5.42. The minimum Gasteiger partial charge on any atom is -0.489 e. The van der Waals surface area contributed by atoms with Crippen LogP contribution in [0.4, 0.5) is 5.69 Å². The number of anilines is 1. The number of carboxylic acid groups (broad SMARTS) is 1. The zero-order valence-corrected chi connectivity index (χ0v) is 24.8. The molecule has 2 aliphatic heterocycles. The Morgan fingerprint density at radius 1 is 1.16 bits per heavy atom. The fourth-order valence-electron chi connectivity index (χ4n) is 5.87. The number of ether oxygens (including phenoxy) is 2. The van der Waals surface area contributed by atoms with Gasteiger partial charge in [0.1, 0.15) is 25.0 Å². The SMILES string of the molecule is CCc1c2c(nc3ccc(OCc4ccc(NC(=O)CC[C@H](N)C(=O)O)cc4)cc13)-c1cc3c(c(=O)n1C2)COC(=O)[C@@]3(C)O. The maximum absolute atomic E-state index is 13.5. The largest absolute Gasteiger partial charge is 0.489 e. The van der Waals surface area contributed by atoms with E-state index in [1.165, 1.54) is 6.92 Å². The Hall–Kier alpha value is -5.07. The molecule has 2 aromatic heterocycles. The van der Waals surface area contributed by atoms with Crippen molar-refractivity contribution in [1.29, 1.82) is 0 Å². The number of aromatic nitrogens is 2. The smallest absolute Gasteiger partial charge is 0.342 e. The number of hydrogen-bond acceptors (Lipinski definition) is 9. The molecule has 2 atom stereocenters. The Kier molecular flexibility index (Phi) is 7.63. The molecule has 5 N–H and O–H groups in total. The van der Waals surface area contributed by atoms with E-state index in [-0.39, 0.29) is 48.6 Å². The van der Waals surface area contributed by atoms with E-state index in [0.29, 0.717) is 35.8 Å². The molecule has 2 aliphatic rings. The number of nitrogens with one attached hydrogen (secondary N) is 1. The van der Waals surface area contributed by atoms with E-state index < -0.39 is 23.6 Å². The van der Waals surface area contributed by atoms with Gasteiger partial charge in [0, 0.05) is 28.6 Å². The van der Waals surface area contributed by atoms with Crippen molar-refractivity contribution < 1.29 is 34.1 Å². The first-order valence-corrected chi connectivity index (χ1v) is 14.6. The van der Waals surface area contributed by atoms with Crippen LogP contribution in [0.2, 0.25) is 0 Å². The summed E-state index contributed by atoms with van der Waals surface area (Å²) in [4.78, 5) is 53.6. The van der Waals surface area contributed by atoms with Gasteiger partial charge in [0.25, 0.3) is 5.56 Å². The Balaban J connectivity index is 1.20. The molecule has 0 saturated heterocycles. The quantitative estimate of drug-likeness (QED) is 0.181. The Bertz CT molecular complexity index is 1930. The highest BCUT2D eigenvalue weighted by Gasteiger charge is 2.43. The van der Waals surface area contributed by atoms with Gasteiger partial charge in [0.15, 0.2) is 5.60 Å². The Labute approximate surface area is 257 Å². The second-order valence-electron chi connectivity index (χ2n) is 11.4. The molecule has 0 fully saturated rings. The molecule has 232 valence electrons. The number of rotatable bonds is 9. The van der Waals surface area contributed by atoms with Gasteiger partial charge in [-0.2, -0.15) is 0 Å². The molecule has 0 aliphatic carbocycles. The maximum Gasteiger partial charge on any atom is 0.342 e. The van der Waals surface area contributed by atoms with Crippen molar-refractivity contribution in [3.8, 4) is 17.1 Å². The van der Waals surface area contributed by atoms with Gasteiger partial charge in [-0.25, -0.2) is 9.78 Å². The van der Waals surface area contributed by atoms with Gasteiger partial charge in [-0.15, -0.1) is 0 Å². The van der Waals surface area contributed by atoms with Crippen LogP contribution in [0.15, 0.2) is 53.3 Å².